The van der Waals surface area contributed by atoms with Crippen LogP contribution in [-0.4, -0.2) is 41.1 Å². The summed E-state index contributed by atoms with van der Waals surface area (Å²) in [6.07, 6.45) is 0. The molecular weight excluding hydrogens is 398 g/mol. The number of nitrogens with two attached hydrogens (primary N) is 1. The smallest absolute Gasteiger partial charge is 0.255 e. The van der Waals surface area contributed by atoms with E-state index in [1.165, 1.54) is 44.0 Å². The number of aryl methyl sites for hydroxylation is 1. The summed E-state index contributed by atoms with van der Waals surface area (Å²) in [5.74, 6) is -0.402. The number of methoxy groups -OCH3 is 1. The van der Waals surface area contributed by atoms with Crippen molar-refractivity contribution in [3.8, 4) is 11.9 Å². The molecule has 0 spiro atoms. The van der Waals surface area contributed by atoms with Crippen molar-refractivity contribution in [2.75, 3.05) is 30.9 Å². The predicted molar refractivity (Wildman–Crippen MR) is 106 cm³/mol. The van der Waals surface area contributed by atoms with Crippen molar-refractivity contribution in [1.29, 1.82) is 5.26 Å². The second-order valence-electron chi connectivity index (χ2n) is 7.00. The number of halogens is 2. The molecule has 2 N–H and O–H groups in total. The van der Waals surface area contributed by atoms with Gasteiger partial charge in [-0.15, -0.1) is 0 Å². The minimum atomic E-state index is -0.981. The number of ether oxygens (including phenoxy) is 1. The molecule has 0 amide bonds. The molecular formula is C19H18F2N6OS. The molecule has 1 aromatic heterocycles. The molecule has 1 aromatic carbocycles. The molecule has 2 atom stereocenters. The van der Waals surface area contributed by atoms with Crippen molar-refractivity contribution < 1.29 is 13.5 Å². The summed E-state index contributed by atoms with van der Waals surface area (Å²) in [6.45, 7) is 2.26. The number of nitrogens with zero attached hydrogens (tertiary/aromatic N) is 5. The van der Waals surface area contributed by atoms with E-state index in [2.05, 4.69) is 15.0 Å². The van der Waals surface area contributed by atoms with Crippen molar-refractivity contribution >= 4 is 22.9 Å². The molecule has 0 bridgehead atoms. The Morgan fingerprint density at radius 3 is 2.90 bits per heavy atom. The zero-order chi connectivity index (χ0) is 20.8. The van der Waals surface area contributed by atoms with Crippen LogP contribution in [0.2, 0.25) is 0 Å². The largest absolute Gasteiger partial charge is 0.479 e. The highest BCUT2D eigenvalue weighted by atomic mass is 32.2. The monoisotopic (exact) mass is 416 g/mol. The third-order valence-corrected chi connectivity index (χ3v) is 6.26. The number of hydrogen-bond acceptors (Lipinski definition) is 8. The van der Waals surface area contributed by atoms with Crippen LogP contribution in [0, 0.1) is 35.8 Å². The maximum absolute atomic E-state index is 14.9. The summed E-state index contributed by atoms with van der Waals surface area (Å²) in [6, 6.07) is 6.27. The molecule has 3 heterocycles. The molecule has 4 rings (SSSR count). The van der Waals surface area contributed by atoms with Gasteiger partial charge in [0, 0.05) is 23.8 Å². The fourth-order valence-corrected chi connectivity index (χ4v) is 4.85. The topological polar surface area (TPSA) is 100 Å². The Labute approximate surface area is 170 Å². The Hall–Kier alpha value is -2.93. The van der Waals surface area contributed by atoms with Crippen molar-refractivity contribution in [3.05, 3.63) is 46.7 Å². The lowest BCUT2D eigenvalue weighted by atomic mass is 9.81. The third kappa shape index (κ3) is 3.15. The van der Waals surface area contributed by atoms with Crippen LogP contribution in [-0.2, 0) is 5.54 Å². The van der Waals surface area contributed by atoms with Crippen LogP contribution in [0.25, 0.3) is 0 Å². The molecule has 2 aliphatic rings. The summed E-state index contributed by atoms with van der Waals surface area (Å²) in [5, 5.41) is 9.63. The lowest BCUT2D eigenvalue weighted by molar-refractivity contribution is 0.364. The second-order valence-corrected chi connectivity index (χ2v) is 8.04. The van der Waals surface area contributed by atoms with Gasteiger partial charge in [0.25, 0.3) is 5.88 Å². The van der Waals surface area contributed by atoms with E-state index in [1.807, 2.05) is 11.0 Å². The summed E-state index contributed by atoms with van der Waals surface area (Å²) < 4.78 is 34.0. The maximum Gasteiger partial charge on any atom is 0.255 e. The molecule has 2 aromatic rings. The molecule has 29 heavy (non-hydrogen) atoms. The maximum atomic E-state index is 14.9. The summed E-state index contributed by atoms with van der Waals surface area (Å²) in [7, 11) is 1.34. The van der Waals surface area contributed by atoms with Gasteiger partial charge in [-0.25, -0.2) is 14.4 Å². The molecule has 0 saturated carbocycles. The minimum Gasteiger partial charge on any atom is -0.479 e. The lowest BCUT2D eigenvalue weighted by Gasteiger charge is -2.34. The van der Waals surface area contributed by atoms with E-state index < -0.39 is 17.2 Å². The molecule has 1 fully saturated rings. The highest BCUT2D eigenvalue weighted by molar-refractivity contribution is 8.13. The van der Waals surface area contributed by atoms with Gasteiger partial charge in [-0.2, -0.15) is 14.6 Å². The first kappa shape index (κ1) is 19.4. The lowest BCUT2D eigenvalue weighted by Crippen LogP contribution is -2.40. The molecule has 7 nitrogen and oxygen atoms in total. The molecule has 150 valence electrons. The van der Waals surface area contributed by atoms with Crippen LogP contribution in [0.1, 0.15) is 16.8 Å². The fraction of sp³-hybridized carbons (Fsp3) is 0.368. The zero-order valence-corrected chi connectivity index (χ0v) is 16.6. The van der Waals surface area contributed by atoms with Gasteiger partial charge in [0.2, 0.25) is 11.8 Å². The van der Waals surface area contributed by atoms with Crippen molar-refractivity contribution in [1.82, 2.24) is 9.97 Å². The normalized spacial score (nSPS) is 23.3. The molecule has 0 aliphatic carbocycles. The Morgan fingerprint density at radius 2 is 2.17 bits per heavy atom. The van der Waals surface area contributed by atoms with Crippen molar-refractivity contribution in [3.63, 3.8) is 0 Å². The van der Waals surface area contributed by atoms with E-state index >= 15 is 0 Å². The number of hydrogen-bond donors (Lipinski definition) is 1. The number of fused-ring (bicyclic) bond motifs is 1. The summed E-state index contributed by atoms with van der Waals surface area (Å²) in [4.78, 5) is 14.9. The fourth-order valence-electron chi connectivity index (χ4n) is 3.87. The van der Waals surface area contributed by atoms with Crippen LogP contribution in [0.3, 0.4) is 0 Å². The van der Waals surface area contributed by atoms with Crippen LogP contribution < -0.4 is 15.4 Å². The third-order valence-electron chi connectivity index (χ3n) is 5.30. The average Bonchev–Trinajstić information content (AvgIpc) is 3.10. The minimum absolute atomic E-state index is 0.0943. The van der Waals surface area contributed by atoms with Crippen molar-refractivity contribution in [2.24, 2.45) is 16.6 Å². The Kier molecular flexibility index (Phi) is 4.78. The number of benzene rings is 1. The van der Waals surface area contributed by atoms with Gasteiger partial charge in [0.05, 0.1) is 31.0 Å². The molecule has 10 heteroatoms. The second kappa shape index (κ2) is 7.15. The average molecular weight is 416 g/mol. The van der Waals surface area contributed by atoms with Gasteiger partial charge in [0.15, 0.2) is 5.17 Å². The molecule has 0 unspecified atom stereocenters. The SMILES string of the molecule is COc1nc(N2C[C@H]3CSC(N)=N[C@@]3(c3cc(C#N)ccc3F)C2)nc(C)c1F. The first-order chi connectivity index (χ1) is 13.9. The van der Waals surface area contributed by atoms with Gasteiger partial charge in [-0.3, -0.25) is 0 Å². The highest BCUT2D eigenvalue weighted by Crippen LogP contribution is 2.47. The van der Waals surface area contributed by atoms with Crippen LogP contribution >= 0.6 is 11.8 Å². The molecule has 2 aliphatic heterocycles. The first-order valence-electron chi connectivity index (χ1n) is 8.89. The van der Waals surface area contributed by atoms with Crippen LogP contribution in [0.15, 0.2) is 23.2 Å². The van der Waals surface area contributed by atoms with E-state index in [9.17, 15) is 14.0 Å². The number of amidine groups is 1. The predicted octanol–water partition coefficient (Wildman–Crippen LogP) is 2.34. The van der Waals surface area contributed by atoms with Gasteiger partial charge in [-0.1, -0.05) is 11.8 Å². The Bertz CT molecular complexity index is 1060. The van der Waals surface area contributed by atoms with Crippen molar-refractivity contribution in [2.45, 2.75) is 12.5 Å². The standard InChI is InChI=1S/C19H18F2N6OS/c1-10-15(21)16(28-2)25-18(24-10)27-7-12-8-29-17(23)26-19(12,9-27)13-5-11(6-22)3-4-14(13)20/h3-5,12H,7-9H2,1-2H3,(H2,23,26)/t12-,19-/m0/s1. The van der Waals surface area contributed by atoms with E-state index in [-0.39, 0.29) is 30.0 Å². The van der Waals surface area contributed by atoms with E-state index in [4.69, 9.17) is 10.5 Å². The van der Waals surface area contributed by atoms with Gasteiger partial charge < -0.3 is 15.4 Å². The quantitative estimate of drug-likeness (QED) is 0.820. The Morgan fingerprint density at radius 1 is 1.38 bits per heavy atom. The van der Waals surface area contributed by atoms with E-state index in [0.717, 1.165) is 0 Å². The molecule has 1 saturated heterocycles. The summed E-state index contributed by atoms with van der Waals surface area (Å²) >= 11 is 1.40. The number of anilines is 1. The number of rotatable bonds is 3. The van der Waals surface area contributed by atoms with Gasteiger partial charge in [-0.05, 0) is 25.1 Å². The van der Waals surface area contributed by atoms with Crippen LogP contribution in [0.5, 0.6) is 5.88 Å². The van der Waals surface area contributed by atoms with Gasteiger partial charge in [0.1, 0.15) is 11.4 Å². The Balaban J connectivity index is 1.82. The number of nitriles is 1. The van der Waals surface area contributed by atoms with E-state index in [1.54, 1.807) is 0 Å². The van der Waals surface area contributed by atoms with Crippen LogP contribution in [0.4, 0.5) is 14.7 Å². The number of thioether (sulfide) groups is 1. The number of aromatic nitrogens is 2. The summed E-state index contributed by atoms with van der Waals surface area (Å²) in [5.41, 5.74) is 5.85. The zero-order valence-electron chi connectivity index (χ0n) is 15.8. The molecule has 0 radical (unpaired) electrons. The van der Waals surface area contributed by atoms with Gasteiger partial charge >= 0.3 is 0 Å². The number of aliphatic imine (C=N–C) groups is 1. The highest BCUT2D eigenvalue weighted by Gasteiger charge is 2.52. The first-order valence-corrected chi connectivity index (χ1v) is 9.88. The van der Waals surface area contributed by atoms with E-state index in [0.29, 0.717) is 28.6 Å².